The molecule has 1 atom stereocenters. The molecule has 1 aliphatic heterocycles. The minimum atomic E-state index is -0.123. The Bertz CT molecular complexity index is 473. The first-order valence-corrected chi connectivity index (χ1v) is 6.21. The molecule has 1 fully saturated rings. The maximum atomic E-state index is 12.1. The summed E-state index contributed by atoms with van der Waals surface area (Å²) in [7, 11) is 0. The summed E-state index contributed by atoms with van der Waals surface area (Å²) in [5.74, 6) is -0.0999. The Morgan fingerprint density at radius 3 is 2.83 bits per heavy atom. The number of hydrogen-bond acceptors (Lipinski definition) is 2. The fourth-order valence-electron chi connectivity index (χ4n) is 2.08. The van der Waals surface area contributed by atoms with Gasteiger partial charge in [-0.25, -0.2) is 0 Å². The lowest BCUT2D eigenvalue weighted by Gasteiger charge is -2.22. The molecule has 1 aliphatic rings. The third kappa shape index (κ3) is 2.70. The zero-order chi connectivity index (χ0) is 13.1. The molecule has 2 amide bonds. The van der Waals surface area contributed by atoms with Gasteiger partial charge in [0.15, 0.2) is 0 Å². The summed E-state index contributed by atoms with van der Waals surface area (Å²) in [6, 6.07) is 5.86. The summed E-state index contributed by atoms with van der Waals surface area (Å²) in [5, 5.41) is 5.67. The van der Waals surface area contributed by atoms with Crippen LogP contribution >= 0.6 is 0 Å². The van der Waals surface area contributed by atoms with Crippen LogP contribution in [0.4, 0.5) is 5.69 Å². The van der Waals surface area contributed by atoms with Gasteiger partial charge in [-0.1, -0.05) is 12.1 Å². The first-order chi connectivity index (χ1) is 8.58. The van der Waals surface area contributed by atoms with Crippen LogP contribution in [0.5, 0.6) is 0 Å². The highest BCUT2D eigenvalue weighted by Gasteiger charge is 2.24. The number of nitrogens with one attached hydrogen (secondary N) is 2. The Balaban J connectivity index is 2.03. The van der Waals surface area contributed by atoms with Crippen molar-refractivity contribution in [3.05, 3.63) is 29.3 Å². The van der Waals surface area contributed by atoms with Crippen LogP contribution in [0.1, 0.15) is 24.0 Å². The van der Waals surface area contributed by atoms with E-state index in [1.165, 1.54) is 0 Å². The second kappa shape index (κ2) is 5.21. The number of piperidine rings is 1. The van der Waals surface area contributed by atoms with Crippen LogP contribution in [0.2, 0.25) is 0 Å². The van der Waals surface area contributed by atoms with E-state index in [2.05, 4.69) is 10.6 Å². The number of anilines is 1. The molecular weight excluding hydrogens is 228 g/mol. The highest BCUT2D eigenvalue weighted by molar-refractivity contribution is 5.94. The smallest absolute Gasteiger partial charge is 0.229 e. The van der Waals surface area contributed by atoms with Crippen molar-refractivity contribution in [1.82, 2.24) is 5.32 Å². The molecule has 96 valence electrons. The van der Waals surface area contributed by atoms with Crippen LogP contribution in [0, 0.1) is 19.8 Å². The zero-order valence-corrected chi connectivity index (χ0v) is 10.7. The molecule has 18 heavy (non-hydrogen) atoms. The van der Waals surface area contributed by atoms with Gasteiger partial charge in [-0.15, -0.1) is 0 Å². The fourth-order valence-corrected chi connectivity index (χ4v) is 2.08. The van der Waals surface area contributed by atoms with Crippen molar-refractivity contribution in [3.63, 3.8) is 0 Å². The molecule has 1 heterocycles. The van der Waals surface area contributed by atoms with Crippen LogP contribution < -0.4 is 10.6 Å². The Morgan fingerprint density at radius 2 is 2.17 bits per heavy atom. The Kier molecular flexibility index (Phi) is 3.65. The maximum Gasteiger partial charge on any atom is 0.229 e. The van der Waals surface area contributed by atoms with Gasteiger partial charge < -0.3 is 10.6 Å². The Labute approximate surface area is 107 Å². The van der Waals surface area contributed by atoms with Crippen LogP contribution in [0.25, 0.3) is 0 Å². The number of benzene rings is 1. The second-order valence-corrected chi connectivity index (χ2v) is 4.78. The first-order valence-electron chi connectivity index (χ1n) is 6.21. The molecule has 0 saturated carbocycles. The van der Waals surface area contributed by atoms with E-state index in [0.29, 0.717) is 19.4 Å². The molecule has 2 N–H and O–H groups in total. The van der Waals surface area contributed by atoms with Crippen LogP contribution in [0.15, 0.2) is 18.2 Å². The van der Waals surface area contributed by atoms with Gasteiger partial charge in [0.05, 0.1) is 5.92 Å². The van der Waals surface area contributed by atoms with E-state index < -0.39 is 0 Å². The van der Waals surface area contributed by atoms with Crippen molar-refractivity contribution in [3.8, 4) is 0 Å². The molecular formula is C14H18N2O2. The van der Waals surface area contributed by atoms with E-state index in [1.807, 2.05) is 32.0 Å². The van der Waals surface area contributed by atoms with Gasteiger partial charge in [0.25, 0.3) is 0 Å². The predicted octanol–water partition coefficient (Wildman–Crippen LogP) is 1.77. The predicted molar refractivity (Wildman–Crippen MR) is 70.3 cm³/mol. The molecule has 1 saturated heterocycles. The van der Waals surface area contributed by atoms with Crippen LogP contribution in [-0.2, 0) is 9.59 Å². The topological polar surface area (TPSA) is 58.2 Å². The second-order valence-electron chi connectivity index (χ2n) is 4.78. The third-order valence-electron chi connectivity index (χ3n) is 3.50. The third-order valence-corrected chi connectivity index (χ3v) is 3.50. The minimum absolute atomic E-state index is 0.0105. The van der Waals surface area contributed by atoms with Gasteiger partial charge in [0.2, 0.25) is 11.8 Å². The number of aryl methyl sites for hydroxylation is 1. The van der Waals surface area contributed by atoms with E-state index in [9.17, 15) is 9.59 Å². The van der Waals surface area contributed by atoms with E-state index >= 15 is 0 Å². The summed E-state index contributed by atoms with van der Waals surface area (Å²) < 4.78 is 0. The molecule has 1 unspecified atom stereocenters. The van der Waals surface area contributed by atoms with Crippen molar-refractivity contribution in [1.29, 1.82) is 0 Å². The van der Waals surface area contributed by atoms with Crippen molar-refractivity contribution < 1.29 is 9.59 Å². The number of rotatable bonds is 2. The van der Waals surface area contributed by atoms with Crippen molar-refractivity contribution >= 4 is 17.5 Å². The summed E-state index contributed by atoms with van der Waals surface area (Å²) in [4.78, 5) is 23.1. The largest absolute Gasteiger partial charge is 0.355 e. The van der Waals surface area contributed by atoms with Crippen LogP contribution in [-0.4, -0.2) is 18.4 Å². The number of amides is 2. The van der Waals surface area contributed by atoms with Crippen molar-refractivity contribution in [2.45, 2.75) is 26.7 Å². The SMILES string of the molecule is Cc1cccc(NC(=O)C2CCC(=O)NC2)c1C. The summed E-state index contributed by atoms with van der Waals surface area (Å²) in [6.45, 7) is 4.45. The lowest BCUT2D eigenvalue weighted by Crippen LogP contribution is -2.40. The molecule has 1 aromatic carbocycles. The molecule has 0 aromatic heterocycles. The molecule has 2 rings (SSSR count). The van der Waals surface area contributed by atoms with Gasteiger partial charge in [-0.05, 0) is 37.5 Å². The van der Waals surface area contributed by atoms with Gasteiger partial charge in [-0.3, -0.25) is 9.59 Å². The molecule has 0 radical (unpaired) electrons. The van der Waals surface area contributed by atoms with E-state index in [0.717, 1.165) is 16.8 Å². The Morgan fingerprint density at radius 1 is 1.39 bits per heavy atom. The minimum Gasteiger partial charge on any atom is -0.355 e. The highest BCUT2D eigenvalue weighted by atomic mass is 16.2. The molecule has 4 heteroatoms. The summed E-state index contributed by atoms with van der Waals surface area (Å²) in [5.41, 5.74) is 3.10. The fraction of sp³-hybridized carbons (Fsp3) is 0.429. The van der Waals surface area contributed by atoms with Gasteiger partial charge in [-0.2, -0.15) is 0 Å². The standard InChI is InChI=1S/C14H18N2O2/c1-9-4-3-5-12(10(9)2)16-14(18)11-6-7-13(17)15-8-11/h3-5,11H,6-8H2,1-2H3,(H,15,17)(H,16,18). The average Bonchev–Trinajstić information content (AvgIpc) is 2.36. The van der Waals surface area contributed by atoms with Gasteiger partial charge in [0, 0.05) is 18.7 Å². The molecule has 0 bridgehead atoms. The molecule has 1 aromatic rings. The van der Waals surface area contributed by atoms with E-state index in [4.69, 9.17) is 0 Å². The maximum absolute atomic E-state index is 12.1. The van der Waals surface area contributed by atoms with E-state index in [1.54, 1.807) is 0 Å². The first kappa shape index (κ1) is 12.6. The van der Waals surface area contributed by atoms with Crippen LogP contribution in [0.3, 0.4) is 0 Å². The number of hydrogen-bond donors (Lipinski definition) is 2. The summed E-state index contributed by atoms with van der Waals surface area (Å²) in [6.07, 6.45) is 1.06. The van der Waals surface area contributed by atoms with Gasteiger partial charge in [0.1, 0.15) is 0 Å². The van der Waals surface area contributed by atoms with Crippen molar-refractivity contribution in [2.75, 3.05) is 11.9 Å². The van der Waals surface area contributed by atoms with Gasteiger partial charge >= 0.3 is 0 Å². The Hall–Kier alpha value is -1.84. The lowest BCUT2D eigenvalue weighted by molar-refractivity contribution is -0.126. The molecule has 0 aliphatic carbocycles. The quantitative estimate of drug-likeness (QED) is 0.835. The lowest BCUT2D eigenvalue weighted by atomic mass is 9.98. The number of carbonyl (C=O) groups excluding carboxylic acids is 2. The van der Waals surface area contributed by atoms with Crippen molar-refractivity contribution in [2.24, 2.45) is 5.92 Å². The van der Waals surface area contributed by atoms with E-state index in [-0.39, 0.29) is 17.7 Å². The molecule has 0 spiro atoms. The highest BCUT2D eigenvalue weighted by Crippen LogP contribution is 2.20. The monoisotopic (exact) mass is 246 g/mol. The summed E-state index contributed by atoms with van der Waals surface area (Å²) >= 11 is 0. The number of carbonyl (C=O) groups is 2. The zero-order valence-electron chi connectivity index (χ0n) is 10.7. The average molecular weight is 246 g/mol. The molecule has 4 nitrogen and oxygen atoms in total. The normalized spacial score (nSPS) is 19.2.